The minimum Gasteiger partial charge on any atom is -0.352 e. The molecule has 150 valence electrons. The molecular weight excluding hydrogens is 386 g/mol. The Labute approximate surface area is 173 Å². The molecule has 0 saturated carbocycles. The number of nitrogens with one attached hydrogen (secondary N) is 1. The minimum absolute atomic E-state index is 0.00847. The summed E-state index contributed by atoms with van der Waals surface area (Å²) in [6, 6.07) is 7.55. The molecule has 1 fully saturated rings. The number of thiophene rings is 1. The number of piperidine rings is 1. The van der Waals surface area contributed by atoms with Gasteiger partial charge in [0.1, 0.15) is 11.6 Å². The van der Waals surface area contributed by atoms with Crippen LogP contribution in [0, 0.1) is 12.8 Å². The zero-order valence-corrected chi connectivity index (χ0v) is 17.1. The van der Waals surface area contributed by atoms with E-state index in [0.29, 0.717) is 19.6 Å². The van der Waals surface area contributed by atoms with E-state index < -0.39 is 0 Å². The molecule has 0 unspecified atom stereocenters. The fourth-order valence-corrected chi connectivity index (χ4v) is 4.28. The van der Waals surface area contributed by atoms with Gasteiger partial charge in [0, 0.05) is 38.2 Å². The lowest BCUT2D eigenvalue weighted by molar-refractivity contribution is -0.126. The Morgan fingerprint density at radius 3 is 2.93 bits per heavy atom. The molecule has 1 aliphatic rings. The number of rotatable bonds is 5. The molecule has 1 aliphatic heterocycles. The summed E-state index contributed by atoms with van der Waals surface area (Å²) < 4.78 is 1.90. The Morgan fingerprint density at radius 2 is 2.17 bits per heavy atom. The van der Waals surface area contributed by atoms with Crippen LogP contribution in [0.1, 0.15) is 33.9 Å². The van der Waals surface area contributed by atoms with E-state index in [-0.39, 0.29) is 17.7 Å². The van der Waals surface area contributed by atoms with Crippen LogP contribution >= 0.6 is 11.3 Å². The van der Waals surface area contributed by atoms with Crippen LogP contribution < -0.4 is 5.32 Å². The van der Waals surface area contributed by atoms with Crippen molar-refractivity contribution in [2.24, 2.45) is 5.92 Å². The number of imidazole rings is 1. The van der Waals surface area contributed by atoms with E-state index in [1.807, 2.05) is 47.3 Å². The van der Waals surface area contributed by atoms with Gasteiger partial charge in [0.2, 0.25) is 5.91 Å². The molecule has 0 radical (unpaired) electrons. The number of nitrogens with zero attached hydrogens (tertiary/aromatic N) is 4. The molecule has 1 saturated heterocycles. The molecular formula is C21H23N5O2S. The summed E-state index contributed by atoms with van der Waals surface area (Å²) in [5.41, 5.74) is 0.971. The van der Waals surface area contributed by atoms with Crippen molar-refractivity contribution in [2.75, 3.05) is 13.1 Å². The summed E-state index contributed by atoms with van der Waals surface area (Å²) in [4.78, 5) is 36.4. The highest BCUT2D eigenvalue weighted by molar-refractivity contribution is 7.12. The van der Waals surface area contributed by atoms with Crippen molar-refractivity contribution >= 4 is 23.2 Å². The van der Waals surface area contributed by atoms with Gasteiger partial charge in [0.05, 0.1) is 10.8 Å². The number of amides is 2. The molecule has 4 rings (SSSR count). The molecule has 0 bridgehead atoms. The number of carbonyl (C=O) groups excluding carboxylic acids is 2. The Kier molecular flexibility index (Phi) is 5.71. The van der Waals surface area contributed by atoms with Crippen LogP contribution in [-0.4, -0.2) is 44.3 Å². The van der Waals surface area contributed by atoms with Crippen LogP contribution in [0.3, 0.4) is 0 Å². The van der Waals surface area contributed by atoms with Gasteiger partial charge in [0.25, 0.3) is 5.91 Å². The molecule has 0 spiro atoms. The molecule has 3 aromatic heterocycles. The van der Waals surface area contributed by atoms with E-state index in [1.54, 1.807) is 17.3 Å². The van der Waals surface area contributed by atoms with Crippen molar-refractivity contribution < 1.29 is 9.59 Å². The molecule has 1 N–H and O–H groups in total. The largest absolute Gasteiger partial charge is 0.352 e. The summed E-state index contributed by atoms with van der Waals surface area (Å²) in [6.45, 7) is 3.52. The number of aryl methyl sites for hydroxylation is 1. The molecule has 8 heteroatoms. The molecule has 0 aromatic carbocycles. The Hall–Kier alpha value is -3.00. The molecule has 0 aliphatic carbocycles. The summed E-state index contributed by atoms with van der Waals surface area (Å²) in [5.74, 6) is 1.47. The van der Waals surface area contributed by atoms with Crippen LogP contribution in [0.2, 0.25) is 0 Å². The fourth-order valence-electron chi connectivity index (χ4n) is 3.59. The number of hydrogen-bond acceptors (Lipinski definition) is 5. The first-order valence-corrected chi connectivity index (χ1v) is 10.6. The first-order valence-electron chi connectivity index (χ1n) is 9.67. The van der Waals surface area contributed by atoms with Crippen molar-refractivity contribution in [3.05, 3.63) is 64.5 Å². The van der Waals surface area contributed by atoms with Crippen molar-refractivity contribution in [3.8, 4) is 5.82 Å². The maximum absolute atomic E-state index is 12.7. The maximum Gasteiger partial charge on any atom is 0.263 e. The molecule has 29 heavy (non-hydrogen) atoms. The SMILES string of the molecule is Cc1nccn1-c1cc(CNC(=O)[C@H]2CCCN(C(=O)c3cccs3)C2)ccn1. The van der Waals surface area contributed by atoms with Gasteiger partial charge < -0.3 is 10.2 Å². The molecule has 3 aromatic rings. The van der Waals surface area contributed by atoms with E-state index in [4.69, 9.17) is 0 Å². The van der Waals surface area contributed by atoms with Crippen LogP contribution in [-0.2, 0) is 11.3 Å². The molecule has 4 heterocycles. The van der Waals surface area contributed by atoms with Crippen molar-refractivity contribution in [2.45, 2.75) is 26.3 Å². The van der Waals surface area contributed by atoms with E-state index in [2.05, 4.69) is 15.3 Å². The molecule has 7 nitrogen and oxygen atoms in total. The first kappa shape index (κ1) is 19.3. The standard InChI is InChI=1S/C21H23N5O2S/c1-15-22-8-10-26(15)19-12-16(6-7-23-19)13-24-20(27)17-4-2-9-25(14-17)21(28)18-5-3-11-29-18/h3,5-8,10-12,17H,2,4,9,13-14H2,1H3,(H,24,27)/t17-/m0/s1. The number of hydrogen-bond donors (Lipinski definition) is 1. The highest BCUT2D eigenvalue weighted by atomic mass is 32.1. The molecule has 2 amide bonds. The lowest BCUT2D eigenvalue weighted by Crippen LogP contribution is -2.45. The van der Waals surface area contributed by atoms with Gasteiger partial charge >= 0.3 is 0 Å². The van der Waals surface area contributed by atoms with Gasteiger partial charge in [-0.25, -0.2) is 9.97 Å². The van der Waals surface area contributed by atoms with E-state index >= 15 is 0 Å². The zero-order chi connectivity index (χ0) is 20.2. The smallest absolute Gasteiger partial charge is 0.263 e. The second-order valence-electron chi connectivity index (χ2n) is 7.15. The van der Waals surface area contributed by atoms with Gasteiger partial charge in [-0.1, -0.05) is 6.07 Å². The second kappa shape index (κ2) is 8.57. The van der Waals surface area contributed by atoms with Gasteiger partial charge in [-0.05, 0) is 48.9 Å². The van der Waals surface area contributed by atoms with Crippen LogP contribution in [0.5, 0.6) is 0 Å². The van der Waals surface area contributed by atoms with E-state index in [1.165, 1.54) is 11.3 Å². The summed E-state index contributed by atoms with van der Waals surface area (Å²) in [5, 5.41) is 4.92. The monoisotopic (exact) mass is 409 g/mol. The number of carbonyl (C=O) groups is 2. The number of pyridine rings is 1. The van der Waals surface area contributed by atoms with Crippen LogP contribution in [0.25, 0.3) is 5.82 Å². The minimum atomic E-state index is -0.176. The average Bonchev–Trinajstić information content (AvgIpc) is 3.44. The summed E-state index contributed by atoms with van der Waals surface area (Å²) >= 11 is 1.44. The van der Waals surface area contributed by atoms with Gasteiger partial charge in [-0.3, -0.25) is 14.2 Å². The van der Waals surface area contributed by atoms with Crippen LogP contribution in [0.4, 0.5) is 0 Å². The fraction of sp³-hybridized carbons (Fsp3) is 0.333. The predicted molar refractivity (Wildman–Crippen MR) is 111 cm³/mol. The van der Waals surface area contributed by atoms with Crippen molar-refractivity contribution in [3.63, 3.8) is 0 Å². The van der Waals surface area contributed by atoms with Crippen LogP contribution in [0.15, 0.2) is 48.2 Å². The maximum atomic E-state index is 12.7. The van der Waals surface area contributed by atoms with Gasteiger partial charge in [-0.2, -0.15) is 0 Å². The second-order valence-corrected chi connectivity index (χ2v) is 8.10. The lowest BCUT2D eigenvalue weighted by Gasteiger charge is -2.31. The summed E-state index contributed by atoms with van der Waals surface area (Å²) in [7, 11) is 0. The predicted octanol–water partition coefficient (Wildman–Crippen LogP) is 2.81. The normalized spacial score (nSPS) is 16.6. The zero-order valence-electron chi connectivity index (χ0n) is 16.2. The van der Waals surface area contributed by atoms with Gasteiger partial charge in [-0.15, -0.1) is 11.3 Å². The topological polar surface area (TPSA) is 80.1 Å². The average molecular weight is 410 g/mol. The third-order valence-electron chi connectivity index (χ3n) is 5.16. The molecule has 1 atom stereocenters. The first-order chi connectivity index (χ1) is 14.1. The number of aromatic nitrogens is 3. The lowest BCUT2D eigenvalue weighted by atomic mass is 9.97. The highest BCUT2D eigenvalue weighted by Gasteiger charge is 2.29. The Morgan fingerprint density at radius 1 is 1.28 bits per heavy atom. The van der Waals surface area contributed by atoms with Gasteiger partial charge in [0.15, 0.2) is 0 Å². The highest BCUT2D eigenvalue weighted by Crippen LogP contribution is 2.21. The van der Waals surface area contributed by atoms with E-state index in [0.717, 1.165) is 34.9 Å². The Balaban J connectivity index is 1.36. The quantitative estimate of drug-likeness (QED) is 0.703. The third kappa shape index (κ3) is 4.37. The Bertz CT molecular complexity index is 998. The summed E-state index contributed by atoms with van der Waals surface area (Å²) in [6.07, 6.45) is 6.97. The third-order valence-corrected chi connectivity index (χ3v) is 6.02. The van der Waals surface area contributed by atoms with E-state index in [9.17, 15) is 9.59 Å². The van der Waals surface area contributed by atoms with Crippen molar-refractivity contribution in [1.82, 2.24) is 24.8 Å². The van der Waals surface area contributed by atoms with Crippen molar-refractivity contribution in [1.29, 1.82) is 0 Å². The number of likely N-dealkylation sites (tertiary alicyclic amines) is 1.